The van der Waals surface area contributed by atoms with Crippen LogP contribution in [-0.4, -0.2) is 54.0 Å². The average molecular weight is 359 g/mol. The minimum Gasteiger partial charge on any atom is -0.465 e. The first-order valence-electron chi connectivity index (χ1n) is 8.59. The van der Waals surface area contributed by atoms with Gasteiger partial charge >= 0.3 is 5.97 Å². The molecule has 3 aliphatic rings. The fraction of sp³-hybridized carbons (Fsp3) is 0.500. The zero-order valence-electron chi connectivity index (χ0n) is 14.3. The van der Waals surface area contributed by atoms with E-state index in [1.807, 2.05) is 0 Å². The molecule has 2 aromatic rings. The van der Waals surface area contributed by atoms with Crippen LogP contribution in [0.5, 0.6) is 0 Å². The van der Waals surface area contributed by atoms with E-state index in [2.05, 4.69) is 22.1 Å². The minimum absolute atomic E-state index is 0.162. The largest absolute Gasteiger partial charge is 0.465 e. The van der Waals surface area contributed by atoms with Crippen LogP contribution in [0.1, 0.15) is 40.6 Å². The summed E-state index contributed by atoms with van der Waals surface area (Å²) in [6.07, 6.45) is 3.93. The van der Waals surface area contributed by atoms with Gasteiger partial charge in [-0.25, -0.2) is 9.78 Å². The number of pyridine rings is 1. The molecule has 2 aromatic heterocycles. The maximum absolute atomic E-state index is 12.7. The fourth-order valence-corrected chi connectivity index (χ4v) is 4.97. The van der Waals surface area contributed by atoms with Crippen molar-refractivity contribution >= 4 is 33.3 Å². The normalized spacial score (nSPS) is 28.1. The van der Waals surface area contributed by atoms with Crippen LogP contribution in [0.3, 0.4) is 0 Å². The van der Waals surface area contributed by atoms with Gasteiger partial charge in [-0.05, 0) is 44.8 Å². The standard InChI is InChI=1S/C18H21N3O3S/c1-10-16(11-3-5-21(10)6-4-11)20-17(22)14-7-12-13(18(23)24-2)9-25-15(12)8-19-14/h7-11,16H,3-6H2,1-2H3,(H,20,22)/t10-,16-/m0/s1. The summed E-state index contributed by atoms with van der Waals surface area (Å²) in [5.74, 6) is -0.0243. The fourth-order valence-electron chi connectivity index (χ4n) is 4.10. The Hall–Kier alpha value is -1.99. The van der Waals surface area contributed by atoms with Crippen molar-refractivity contribution in [2.45, 2.75) is 31.8 Å². The Morgan fingerprint density at radius 3 is 2.80 bits per heavy atom. The molecule has 1 N–H and O–H groups in total. The van der Waals surface area contributed by atoms with Crippen molar-refractivity contribution in [2.75, 3.05) is 20.2 Å². The van der Waals surface area contributed by atoms with Gasteiger partial charge in [0.05, 0.1) is 17.4 Å². The monoisotopic (exact) mass is 359 g/mol. The number of piperidine rings is 3. The van der Waals surface area contributed by atoms with Crippen LogP contribution in [0, 0.1) is 5.92 Å². The Balaban J connectivity index is 1.59. The molecule has 0 aromatic carbocycles. The zero-order chi connectivity index (χ0) is 17.6. The number of fused-ring (bicyclic) bond motifs is 4. The Morgan fingerprint density at radius 1 is 1.36 bits per heavy atom. The molecular formula is C18H21N3O3S. The van der Waals surface area contributed by atoms with Crippen LogP contribution in [0.25, 0.3) is 10.1 Å². The van der Waals surface area contributed by atoms with Crippen LogP contribution in [-0.2, 0) is 4.74 Å². The number of ether oxygens (including phenoxy) is 1. The molecule has 0 radical (unpaired) electrons. The van der Waals surface area contributed by atoms with Crippen LogP contribution in [0.2, 0.25) is 0 Å². The molecule has 5 rings (SSSR count). The lowest BCUT2D eigenvalue weighted by Gasteiger charge is -2.49. The SMILES string of the molecule is COC(=O)c1csc2cnc(C(=O)N[C@@H]3C4CCN(CC4)[C@H]3C)cc12. The van der Waals surface area contributed by atoms with Crippen LogP contribution < -0.4 is 5.32 Å². The smallest absolute Gasteiger partial charge is 0.339 e. The molecule has 0 saturated carbocycles. The third kappa shape index (κ3) is 2.81. The summed E-state index contributed by atoms with van der Waals surface area (Å²) in [7, 11) is 1.36. The lowest BCUT2D eigenvalue weighted by molar-refractivity contribution is 0.0216. The van der Waals surface area contributed by atoms with Gasteiger partial charge in [-0.1, -0.05) is 0 Å². The highest BCUT2D eigenvalue weighted by Crippen LogP contribution is 2.32. The number of carbonyl (C=O) groups is 2. The van der Waals surface area contributed by atoms with Gasteiger partial charge in [0, 0.05) is 29.0 Å². The van der Waals surface area contributed by atoms with Crippen LogP contribution in [0.15, 0.2) is 17.6 Å². The first-order valence-corrected chi connectivity index (χ1v) is 9.47. The van der Waals surface area contributed by atoms with Gasteiger partial charge in [-0.3, -0.25) is 9.69 Å². The molecule has 6 nitrogen and oxygen atoms in total. The molecule has 2 bridgehead atoms. The predicted octanol–water partition coefficient (Wildman–Crippen LogP) is 2.30. The third-order valence-electron chi connectivity index (χ3n) is 5.57. The molecule has 3 aliphatic heterocycles. The maximum atomic E-state index is 12.7. The summed E-state index contributed by atoms with van der Waals surface area (Å²) in [4.78, 5) is 31.4. The van der Waals surface area contributed by atoms with Gasteiger partial charge in [0.2, 0.25) is 0 Å². The van der Waals surface area contributed by atoms with Crippen molar-refractivity contribution in [3.05, 3.63) is 28.9 Å². The Bertz CT molecular complexity index is 824. The zero-order valence-corrected chi connectivity index (χ0v) is 15.1. The second-order valence-electron chi connectivity index (χ2n) is 6.82. The Morgan fingerprint density at radius 2 is 2.12 bits per heavy atom. The molecule has 2 atom stereocenters. The highest BCUT2D eigenvalue weighted by Gasteiger charge is 2.40. The second kappa shape index (κ2) is 6.38. The molecule has 0 aliphatic carbocycles. The molecule has 7 heteroatoms. The molecule has 3 saturated heterocycles. The number of nitrogens with one attached hydrogen (secondary N) is 1. The molecule has 3 fully saturated rings. The first-order chi connectivity index (χ1) is 12.1. The molecule has 132 valence electrons. The summed E-state index contributed by atoms with van der Waals surface area (Å²) in [6, 6.07) is 2.21. The number of hydrogen-bond donors (Lipinski definition) is 1. The lowest BCUT2D eigenvalue weighted by Crippen LogP contribution is -2.62. The first kappa shape index (κ1) is 16.5. The third-order valence-corrected chi connectivity index (χ3v) is 6.51. The van der Waals surface area contributed by atoms with E-state index >= 15 is 0 Å². The summed E-state index contributed by atoms with van der Waals surface area (Å²) >= 11 is 1.42. The summed E-state index contributed by atoms with van der Waals surface area (Å²) in [5, 5.41) is 5.65. The van der Waals surface area contributed by atoms with Crippen molar-refractivity contribution in [1.29, 1.82) is 0 Å². The number of nitrogens with zero attached hydrogens (tertiary/aromatic N) is 2. The van der Waals surface area contributed by atoms with Crippen molar-refractivity contribution in [3.8, 4) is 0 Å². The summed E-state index contributed by atoms with van der Waals surface area (Å²) in [5.41, 5.74) is 0.829. The molecule has 1 amide bonds. The second-order valence-corrected chi connectivity index (χ2v) is 7.73. The number of rotatable bonds is 3. The molecule has 25 heavy (non-hydrogen) atoms. The summed E-state index contributed by atoms with van der Waals surface area (Å²) in [6.45, 7) is 4.43. The Kier molecular flexibility index (Phi) is 4.21. The van der Waals surface area contributed by atoms with Gasteiger partial charge in [0.25, 0.3) is 5.91 Å². The van der Waals surface area contributed by atoms with Crippen LogP contribution in [0.4, 0.5) is 0 Å². The number of methoxy groups -OCH3 is 1. The number of hydrogen-bond acceptors (Lipinski definition) is 6. The average Bonchev–Trinajstić information content (AvgIpc) is 3.07. The highest BCUT2D eigenvalue weighted by atomic mass is 32.1. The number of amides is 1. The predicted molar refractivity (Wildman–Crippen MR) is 96.0 cm³/mol. The molecule has 0 spiro atoms. The molecule has 5 heterocycles. The minimum atomic E-state index is -0.394. The lowest BCUT2D eigenvalue weighted by atomic mass is 9.79. The van der Waals surface area contributed by atoms with E-state index in [0.29, 0.717) is 23.2 Å². The van der Waals surface area contributed by atoms with Gasteiger partial charge in [-0.2, -0.15) is 0 Å². The van der Waals surface area contributed by atoms with Gasteiger partial charge in [0.15, 0.2) is 0 Å². The van der Waals surface area contributed by atoms with Crippen molar-refractivity contribution in [2.24, 2.45) is 5.92 Å². The van der Waals surface area contributed by atoms with Crippen molar-refractivity contribution in [3.63, 3.8) is 0 Å². The number of thiophene rings is 1. The highest BCUT2D eigenvalue weighted by molar-refractivity contribution is 7.17. The van der Waals surface area contributed by atoms with E-state index < -0.39 is 5.97 Å². The van der Waals surface area contributed by atoms with Crippen molar-refractivity contribution in [1.82, 2.24) is 15.2 Å². The van der Waals surface area contributed by atoms with E-state index in [-0.39, 0.29) is 11.9 Å². The van der Waals surface area contributed by atoms with E-state index in [0.717, 1.165) is 36.0 Å². The van der Waals surface area contributed by atoms with Crippen molar-refractivity contribution < 1.29 is 14.3 Å². The quantitative estimate of drug-likeness (QED) is 0.852. The summed E-state index contributed by atoms with van der Waals surface area (Å²) < 4.78 is 5.68. The van der Waals surface area contributed by atoms with Gasteiger partial charge < -0.3 is 10.1 Å². The molecule has 0 unspecified atom stereocenters. The van der Waals surface area contributed by atoms with Gasteiger partial charge in [-0.15, -0.1) is 11.3 Å². The number of aromatic nitrogens is 1. The van der Waals surface area contributed by atoms with E-state index in [1.165, 1.54) is 18.4 Å². The topological polar surface area (TPSA) is 71.5 Å². The Labute approximate surface area is 150 Å². The van der Waals surface area contributed by atoms with E-state index in [4.69, 9.17) is 4.74 Å². The van der Waals surface area contributed by atoms with Gasteiger partial charge in [0.1, 0.15) is 5.69 Å². The molecular weight excluding hydrogens is 338 g/mol. The number of carbonyl (C=O) groups excluding carboxylic acids is 2. The van der Waals surface area contributed by atoms with E-state index in [9.17, 15) is 9.59 Å². The number of esters is 1. The van der Waals surface area contributed by atoms with Crippen LogP contribution >= 0.6 is 11.3 Å². The maximum Gasteiger partial charge on any atom is 0.339 e. The van der Waals surface area contributed by atoms with E-state index in [1.54, 1.807) is 17.6 Å².